The number of aryl methyl sites for hydroxylation is 1. The van der Waals surface area contributed by atoms with Crippen LogP contribution in [0.4, 0.5) is 17.1 Å². The van der Waals surface area contributed by atoms with Crippen LogP contribution in [0.25, 0.3) is 0 Å². The molecule has 25 heavy (non-hydrogen) atoms. The van der Waals surface area contributed by atoms with Gasteiger partial charge in [0.05, 0.1) is 6.54 Å². The molecule has 1 aliphatic rings. The summed E-state index contributed by atoms with van der Waals surface area (Å²) >= 11 is 6.06. The molecular weight excluding hydrogens is 336 g/mol. The lowest BCUT2D eigenvalue weighted by molar-refractivity contribution is -0.117. The molecule has 1 aliphatic heterocycles. The molecule has 6 heteroatoms. The smallest absolute Gasteiger partial charge is 0.238 e. The Bertz CT molecular complexity index is 757. The number of hydrogen-bond donors (Lipinski definition) is 2. The van der Waals surface area contributed by atoms with E-state index in [0.717, 1.165) is 48.1 Å². The largest absolute Gasteiger partial charge is 0.399 e. The van der Waals surface area contributed by atoms with E-state index in [-0.39, 0.29) is 5.91 Å². The van der Waals surface area contributed by atoms with Crippen LogP contribution >= 0.6 is 11.6 Å². The Morgan fingerprint density at radius 3 is 2.60 bits per heavy atom. The summed E-state index contributed by atoms with van der Waals surface area (Å²) in [5.41, 5.74) is 9.37. The van der Waals surface area contributed by atoms with Crippen LogP contribution in [0.15, 0.2) is 42.5 Å². The van der Waals surface area contributed by atoms with Crippen LogP contribution in [0, 0.1) is 6.92 Å². The van der Waals surface area contributed by atoms with E-state index in [9.17, 15) is 4.79 Å². The first kappa shape index (κ1) is 17.6. The minimum absolute atomic E-state index is 0.00377. The second kappa shape index (κ2) is 7.76. The Kier molecular flexibility index (Phi) is 5.46. The summed E-state index contributed by atoms with van der Waals surface area (Å²) in [5, 5.41) is 3.72. The molecule has 0 spiro atoms. The van der Waals surface area contributed by atoms with Gasteiger partial charge in [0, 0.05) is 48.3 Å². The highest BCUT2D eigenvalue weighted by Gasteiger charge is 2.19. The van der Waals surface area contributed by atoms with Crippen molar-refractivity contribution in [1.82, 2.24) is 4.90 Å². The summed E-state index contributed by atoms with van der Waals surface area (Å²) in [6, 6.07) is 13.4. The molecule has 0 radical (unpaired) electrons. The molecule has 3 N–H and O–H groups in total. The number of rotatable bonds is 4. The number of carbonyl (C=O) groups is 1. The van der Waals surface area contributed by atoms with Crippen LogP contribution in [0.1, 0.15) is 5.56 Å². The van der Waals surface area contributed by atoms with Crippen LogP contribution in [0.3, 0.4) is 0 Å². The summed E-state index contributed by atoms with van der Waals surface area (Å²) in [5.74, 6) is 0.00377. The standard InChI is InChI=1S/C19H23ClN4O/c1-14-11-16(21)5-6-18(14)22-19(25)13-23-7-9-24(10-8-23)17-4-2-3-15(20)12-17/h2-6,11-12H,7-10,13,21H2,1H3,(H,22,25). The summed E-state index contributed by atoms with van der Waals surface area (Å²) in [4.78, 5) is 16.8. The van der Waals surface area contributed by atoms with Crippen molar-refractivity contribution in [2.45, 2.75) is 6.92 Å². The molecular formula is C19H23ClN4O. The number of nitrogens with two attached hydrogens (primary N) is 1. The van der Waals surface area contributed by atoms with E-state index in [2.05, 4.69) is 21.2 Å². The van der Waals surface area contributed by atoms with Gasteiger partial charge in [-0.05, 0) is 48.9 Å². The Morgan fingerprint density at radius 1 is 1.16 bits per heavy atom. The van der Waals surface area contributed by atoms with E-state index in [1.165, 1.54) is 0 Å². The molecule has 0 unspecified atom stereocenters. The van der Waals surface area contributed by atoms with Crippen molar-refractivity contribution < 1.29 is 4.79 Å². The monoisotopic (exact) mass is 358 g/mol. The quantitative estimate of drug-likeness (QED) is 0.825. The van der Waals surface area contributed by atoms with Gasteiger partial charge in [0.15, 0.2) is 0 Å². The highest BCUT2D eigenvalue weighted by atomic mass is 35.5. The zero-order valence-corrected chi connectivity index (χ0v) is 15.1. The minimum atomic E-state index is 0.00377. The summed E-state index contributed by atoms with van der Waals surface area (Å²) in [7, 11) is 0. The van der Waals surface area contributed by atoms with Crippen molar-refractivity contribution in [2.24, 2.45) is 0 Å². The first-order valence-corrected chi connectivity index (χ1v) is 8.78. The second-order valence-electron chi connectivity index (χ2n) is 6.37. The fourth-order valence-electron chi connectivity index (χ4n) is 3.06. The number of hydrogen-bond acceptors (Lipinski definition) is 4. The van der Waals surface area contributed by atoms with Gasteiger partial charge in [-0.15, -0.1) is 0 Å². The van der Waals surface area contributed by atoms with Gasteiger partial charge < -0.3 is 16.0 Å². The number of nitrogens with one attached hydrogen (secondary N) is 1. The van der Waals surface area contributed by atoms with E-state index in [1.807, 2.05) is 37.3 Å². The number of anilines is 3. The van der Waals surface area contributed by atoms with E-state index < -0.39 is 0 Å². The number of carbonyl (C=O) groups excluding carboxylic acids is 1. The SMILES string of the molecule is Cc1cc(N)ccc1NC(=O)CN1CCN(c2cccc(Cl)c2)CC1. The van der Waals surface area contributed by atoms with Gasteiger partial charge in [-0.2, -0.15) is 0 Å². The molecule has 0 aromatic heterocycles. The van der Waals surface area contributed by atoms with E-state index >= 15 is 0 Å². The van der Waals surface area contributed by atoms with Crippen molar-refractivity contribution in [3.8, 4) is 0 Å². The van der Waals surface area contributed by atoms with Gasteiger partial charge in [0.1, 0.15) is 0 Å². The van der Waals surface area contributed by atoms with Crippen LogP contribution in [0.5, 0.6) is 0 Å². The van der Waals surface area contributed by atoms with Crippen molar-refractivity contribution in [1.29, 1.82) is 0 Å². The number of halogens is 1. The van der Waals surface area contributed by atoms with Gasteiger partial charge in [0.2, 0.25) is 5.91 Å². The molecule has 1 heterocycles. The summed E-state index contributed by atoms with van der Waals surface area (Å²) in [6.45, 7) is 5.80. The molecule has 0 bridgehead atoms. The average molecular weight is 359 g/mol. The fourth-order valence-corrected chi connectivity index (χ4v) is 3.24. The molecule has 0 saturated carbocycles. The fraction of sp³-hybridized carbons (Fsp3) is 0.316. The molecule has 132 valence electrons. The number of amides is 1. The van der Waals surface area contributed by atoms with Gasteiger partial charge >= 0.3 is 0 Å². The van der Waals surface area contributed by atoms with Gasteiger partial charge in [-0.25, -0.2) is 0 Å². The third-order valence-electron chi connectivity index (χ3n) is 4.44. The Labute approximate surface area is 153 Å². The van der Waals surface area contributed by atoms with E-state index in [4.69, 9.17) is 17.3 Å². The van der Waals surface area contributed by atoms with Crippen LogP contribution in [-0.2, 0) is 4.79 Å². The Hall–Kier alpha value is -2.24. The number of nitrogens with zero attached hydrogens (tertiary/aromatic N) is 2. The topological polar surface area (TPSA) is 61.6 Å². The average Bonchev–Trinajstić information content (AvgIpc) is 2.58. The molecule has 3 rings (SSSR count). The van der Waals surface area contributed by atoms with Crippen LogP contribution in [-0.4, -0.2) is 43.5 Å². The summed E-state index contributed by atoms with van der Waals surface area (Å²) < 4.78 is 0. The Morgan fingerprint density at radius 2 is 1.92 bits per heavy atom. The molecule has 2 aromatic carbocycles. The predicted molar refractivity (Wildman–Crippen MR) is 104 cm³/mol. The second-order valence-corrected chi connectivity index (χ2v) is 6.80. The zero-order chi connectivity index (χ0) is 17.8. The van der Waals surface area contributed by atoms with Crippen LogP contribution < -0.4 is 16.0 Å². The highest BCUT2D eigenvalue weighted by molar-refractivity contribution is 6.30. The van der Waals surface area contributed by atoms with Crippen molar-refractivity contribution in [3.05, 3.63) is 53.1 Å². The van der Waals surface area contributed by atoms with Gasteiger partial charge in [0.25, 0.3) is 0 Å². The van der Waals surface area contributed by atoms with Gasteiger partial charge in [-0.1, -0.05) is 17.7 Å². The minimum Gasteiger partial charge on any atom is -0.399 e. The predicted octanol–water partition coefficient (Wildman–Crippen LogP) is 2.99. The maximum atomic E-state index is 12.3. The molecule has 1 fully saturated rings. The molecule has 0 aliphatic carbocycles. The number of piperazine rings is 1. The third kappa shape index (κ3) is 4.65. The normalized spacial score (nSPS) is 15.2. The third-order valence-corrected chi connectivity index (χ3v) is 4.67. The first-order chi connectivity index (χ1) is 12.0. The van der Waals surface area contributed by atoms with E-state index in [0.29, 0.717) is 12.2 Å². The molecule has 2 aromatic rings. The van der Waals surface area contributed by atoms with E-state index in [1.54, 1.807) is 6.07 Å². The zero-order valence-electron chi connectivity index (χ0n) is 14.3. The Balaban J connectivity index is 1.51. The molecule has 1 saturated heterocycles. The lowest BCUT2D eigenvalue weighted by Gasteiger charge is -2.35. The molecule has 1 amide bonds. The first-order valence-electron chi connectivity index (χ1n) is 8.40. The van der Waals surface area contributed by atoms with Crippen molar-refractivity contribution >= 4 is 34.6 Å². The van der Waals surface area contributed by atoms with Gasteiger partial charge in [-0.3, -0.25) is 9.69 Å². The number of nitrogen functional groups attached to an aromatic ring is 1. The lowest BCUT2D eigenvalue weighted by Crippen LogP contribution is -2.48. The molecule has 5 nitrogen and oxygen atoms in total. The van der Waals surface area contributed by atoms with Crippen molar-refractivity contribution in [2.75, 3.05) is 48.7 Å². The van der Waals surface area contributed by atoms with Crippen LogP contribution in [0.2, 0.25) is 5.02 Å². The number of benzene rings is 2. The highest BCUT2D eigenvalue weighted by Crippen LogP contribution is 2.21. The maximum absolute atomic E-state index is 12.3. The maximum Gasteiger partial charge on any atom is 0.238 e. The summed E-state index contributed by atoms with van der Waals surface area (Å²) in [6.07, 6.45) is 0. The lowest BCUT2D eigenvalue weighted by atomic mass is 10.2. The molecule has 0 atom stereocenters. The van der Waals surface area contributed by atoms with Crippen molar-refractivity contribution in [3.63, 3.8) is 0 Å².